The first-order valence-electron chi connectivity index (χ1n) is 7.68. The summed E-state index contributed by atoms with van der Waals surface area (Å²) < 4.78 is 4.87. The van der Waals surface area contributed by atoms with E-state index >= 15 is 0 Å². The van der Waals surface area contributed by atoms with Crippen LogP contribution in [0.2, 0.25) is 0 Å². The van der Waals surface area contributed by atoms with Crippen molar-refractivity contribution in [3.05, 3.63) is 53.9 Å². The van der Waals surface area contributed by atoms with Crippen LogP contribution in [0.3, 0.4) is 0 Å². The van der Waals surface area contributed by atoms with Crippen LogP contribution in [-0.4, -0.2) is 62.7 Å². The van der Waals surface area contributed by atoms with Crippen molar-refractivity contribution in [3.8, 4) is 0 Å². The fourth-order valence-corrected chi connectivity index (χ4v) is 2.31. The summed E-state index contributed by atoms with van der Waals surface area (Å²) in [6.07, 6.45) is 3.24. The van der Waals surface area contributed by atoms with Crippen LogP contribution in [0.1, 0.15) is 0 Å². The van der Waals surface area contributed by atoms with Crippen molar-refractivity contribution in [3.63, 3.8) is 0 Å². The summed E-state index contributed by atoms with van der Waals surface area (Å²) in [6, 6.07) is 9.07. The van der Waals surface area contributed by atoms with E-state index in [1.165, 1.54) is 12.1 Å². The van der Waals surface area contributed by atoms with Gasteiger partial charge < -0.3 is 14.5 Å². The van der Waals surface area contributed by atoms with Gasteiger partial charge >= 0.3 is 5.97 Å². The van der Waals surface area contributed by atoms with E-state index in [1.54, 1.807) is 62.5 Å². The minimum Gasteiger partial charge on any atom is -0.465 e. The minimum atomic E-state index is -0.556. The third kappa shape index (κ3) is 4.06. The highest BCUT2D eigenvalue weighted by Crippen LogP contribution is 2.26. The van der Waals surface area contributed by atoms with Crippen LogP contribution in [-0.2, 0) is 14.3 Å². The summed E-state index contributed by atoms with van der Waals surface area (Å²) in [5, 5.41) is 5.69. The molecule has 0 saturated carbocycles. The Kier molecular flexibility index (Phi) is 5.59. The molecule has 2 rings (SSSR count). The Labute approximate surface area is 147 Å². The second-order valence-corrected chi connectivity index (χ2v) is 5.91. The molecule has 25 heavy (non-hydrogen) atoms. The molecular weight excluding hydrogens is 320 g/mol. The molecule has 1 heterocycles. The molecule has 1 amide bonds. The number of amides is 1. The Bertz CT molecular complexity index is 749. The van der Waals surface area contributed by atoms with E-state index in [0.29, 0.717) is 11.3 Å². The van der Waals surface area contributed by atoms with Gasteiger partial charge in [-0.05, 0) is 12.1 Å². The molecule has 0 radical (unpaired) electrons. The molecule has 0 aromatic heterocycles. The van der Waals surface area contributed by atoms with Gasteiger partial charge in [0, 0.05) is 40.6 Å². The first-order valence-corrected chi connectivity index (χ1v) is 7.68. The van der Waals surface area contributed by atoms with Gasteiger partial charge in [-0.2, -0.15) is 10.1 Å². The Morgan fingerprint density at radius 3 is 2.28 bits per heavy atom. The van der Waals surface area contributed by atoms with E-state index in [9.17, 15) is 9.59 Å². The van der Waals surface area contributed by atoms with Crippen molar-refractivity contribution in [2.24, 2.45) is 5.10 Å². The predicted molar refractivity (Wildman–Crippen MR) is 96.9 cm³/mol. The highest BCUT2D eigenvalue weighted by atomic mass is 16.5. The van der Waals surface area contributed by atoms with Crippen LogP contribution in [0, 0.1) is 0 Å². The summed E-state index contributed by atoms with van der Waals surface area (Å²) in [6.45, 7) is 0. The summed E-state index contributed by atoms with van der Waals surface area (Å²) >= 11 is 0. The molecule has 0 N–H and O–H groups in total. The number of ether oxygens (including phenoxy) is 1. The van der Waals surface area contributed by atoms with Crippen LogP contribution < -0.4 is 5.01 Å². The molecule has 1 aromatic rings. The number of para-hydroxylation sites is 1. The topological polar surface area (TPSA) is 65.5 Å². The third-order valence-electron chi connectivity index (χ3n) is 3.31. The zero-order valence-electron chi connectivity index (χ0n) is 15.1. The number of hydrazone groups is 1. The van der Waals surface area contributed by atoms with Crippen molar-refractivity contribution in [1.82, 2.24) is 9.80 Å². The van der Waals surface area contributed by atoms with Crippen molar-refractivity contribution in [2.75, 3.05) is 40.3 Å². The molecule has 0 aliphatic carbocycles. The molecule has 1 aliphatic rings. The van der Waals surface area contributed by atoms with Gasteiger partial charge in [-0.3, -0.25) is 4.79 Å². The smallest absolute Gasteiger partial charge is 0.341 e. The van der Waals surface area contributed by atoms with Crippen molar-refractivity contribution < 1.29 is 14.3 Å². The molecular formula is C18H22N4O3. The lowest BCUT2D eigenvalue weighted by Gasteiger charge is -2.12. The van der Waals surface area contributed by atoms with Crippen molar-refractivity contribution >= 4 is 23.3 Å². The predicted octanol–water partition coefficient (Wildman–Crippen LogP) is 1.45. The number of benzene rings is 1. The fourth-order valence-electron chi connectivity index (χ4n) is 2.31. The van der Waals surface area contributed by atoms with Gasteiger partial charge in [-0.25, -0.2) is 4.79 Å². The number of methoxy groups -OCH3 is 1. The first kappa shape index (κ1) is 18.3. The molecule has 1 aliphatic heterocycles. The maximum absolute atomic E-state index is 12.9. The maximum atomic E-state index is 12.9. The Hall–Kier alpha value is -3.09. The number of anilines is 1. The molecule has 7 nitrogen and oxygen atoms in total. The van der Waals surface area contributed by atoms with Gasteiger partial charge in [0.15, 0.2) is 0 Å². The van der Waals surface area contributed by atoms with Crippen LogP contribution in [0.25, 0.3) is 0 Å². The van der Waals surface area contributed by atoms with Gasteiger partial charge in [0.05, 0.1) is 18.4 Å². The highest BCUT2D eigenvalue weighted by molar-refractivity contribution is 6.40. The van der Waals surface area contributed by atoms with Crippen molar-refractivity contribution in [1.29, 1.82) is 0 Å². The average Bonchev–Trinajstić information content (AvgIpc) is 2.89. The van der Waals surface area contributed by atoms with Crippen LogP contribution >= 0.6 is 0 Å². The average molecular weight is 342 g/mol. The number of carbonyl (C=O) groups excluding carboxylic acids is 2. The normalized spacial score (nSPS) is 16.1. The fraction of sp³-hybridized carbons (Fsp3) is 0.278. The summed E-state index contributed by atoms with van der Waals surface area (Å²) in [5.74, 6) is -0.858. The summed E-state index contributed by atoms with van der Waals surface area (Å²) in [5.41, 5.74) is 1.45. The number of hydrogen-bond donors (Lipinski definition) is 0. The number of rotatable bonds is 5. The Morgan fingerprint density at radius 1 is 1.12 bits per heavy atom. The second kappa shape index (κ2) is 7.65. The SMILES string of the molecule is COC(=O)C(=CN(C)C)C1=NN(c2ccccc2)C(=O)C1=CN(C)C. The molecule has 0 spiro atoms. The number of esters is 1. The zero-order chi connectivity index (χ0) is 18.6. The standard InChI is InChI=1S/C18H22N4O3/c1-20(2)11-14-16(15(12-21(3)4)18(24)25-5)19-22(17(14)23)13-9-7-6-8-10-13/h6-12H,1-5H3. The second-order valence-electron chi connectivity index (χ2n) is 5.91. The van der Waals surface area contributed by atoms with Crippen LogP contribution in [0.4, 0.5) is 5.69 Å². The number of carbonyl (C=O) groups is 2. The summed E-state index contributed by atoms with van der Waals surface area (Å²) in [4.78, 5) is 28.6. The maximum Gasteiger partial charge on any atom is 0.341 e. The molecule has 0 saturated heterocycles. The van der Waals surface area contributed by atoms with Crippen LogP contribution in [0.5, 0.6) is 0 Å². The van der Waals surface area contributed by atoms with E-state index in [4.69, 9.17) is 4.74 Å². The van der Waals surface area contributed by atoms with Crippen LogP contribution in [0.15, 0.2) is 59.0 Å². The van der Waals surface area contributed by atoms with Gasteiger partial charge in [-0.1, -0.05) is 18.2 Å². The van der Waals surface area contributed by atoms with Gasteiger partial charge in [-0.15, -0.1) is 0 Å². The lowest BCUT2D eigenvalue weighted by molar-refractivity contribution is -0.135. The van der Waals surface area contributed by atoms with Gasteiger partial charge in [0.25, 0.3) is 5.91 Å². The molecule has 0 fully saturated rings. The number of hydrogen-bond acceptors (Lipinski definition) is 6. The van der Waals surface area contributed by atoms with E-state index in [1.807, 2.05) is 18.2 Å². The molecule has 1 aromatic carbocycles. The quantitative estimate of drug-likeness (QED) is 0.599. The Balaban J connectivity index is 2.60. The molecule has 132 valence electrons. The van der Waals surface area contributed by atoms with E-state index in [-0.39, 0.29) is 17.2 Å². The summed E-state index contributed by atoms with van der Waals surface area (Å²) in [7, 11) is 8.47. The monoisotopic (exact) mass is 342 g/mol. The third-order valence-corrected chi connectivity index (χ3v) is 3.31. The molecule has 0 bridgehead atoms. The van der Waals surface area contributed by atoms with Gasteiger partial charge in [0.1, 0.15) is 11.3 Å². The minimum absolute atomic E-state index is 0.215. The van der Waals surface area contributed by atoms with E-state index in [2.05, 4.69) is 5.10 Å². The van der Waals surface area contributed by atoms with E-state index < -0.39 is 5.97 Å². The van der Waals surface area contributed by atoms with E-state index in [0.717, 1.165) is 0 Å². The highest BCUT2D eigenvalue weighted by Gasteiger charge is 2.36. The lowest BCUT2D eigenvalue weighted by Crippen LogP contribution is -2.24. The molecule has 0 unspecified atom stereocenters. The lowest BCUT2D eigenvalue weighted by atomic mass is 10.0. The Morgan fingerprint density at radius 2 is 1.76 bits per heavy atom. The first-order chi connectivity index (χ1) is 11.8. The number of nitrogens with zero attached hydrogens (tertiary/aromatic N) is 4. The van der Waals surface area contributed by atoms with Gasteiger partial charge in [0.2, 0.25) is 0 Å². The van der Waals surface area contributed by atoms with Crippen molar-refractivity contribution in [2.45, 2.75) is 0 Å². The molecule has 7 heteroatoms. The molecule has 0 atom stereocenters. The largest absolute Gasteiger partial charge is 0.465 e. The zero-order valence-corrected chi connectivity index (χ0v) is 15.1.